The Balaban J connectivity index is 2.34. The number of ether oxygens (including phenoxy) is 1. The van der Waals surface area contributed by atoms with E-state index in [0.29, 0.717) is 29.7 Å². The van der Waals surface area contributed by atoms with Crippen LogP contribution in [0.5, 0.6) is 0 Å². The van der Waals surface area contributed by atoms with E-state index in [1.807, 2.05) is 0 Å². The third kappa shape index (κ3) is 2.97. The number of aryl methyl sites for hydroxylation is 1. The highest BCUT2D eigenvalue weighted by atomic mass is 19.1. The number of aromatic nitrogens is 2. The first-order valence-corrected chi connectivity index (χ1v) is 6.66. The van der Waals surface area contributed by atoms with E-state index in [-0.39, 0.29) is 17.7 Å². The van der Waals surface area contributed by atoms with Gasteiger partial charge in [-0.1, -0.05) is 0 Å². The summed E-state index contributed by atoms with van der Waals surface area (Å²) in [4.78, 5) is 16.2. The minimum absolute atomic E-state index is 0.185. The van der Waals surface area contributed by atoms with Gasteiger partial charge in [0.25, 0.3) is 0 Å². The Morgan fingerprint density at radius 3 is 2.95 bits per heavy atom. The maximum Gasteiger partial charge on any atom is 0.242 e. The highest BCUT2D eigenvalue weighted by Gasteiger charge is 2.20. The number of nitrogens with two attached hydrogens (primary N) is 1. The van der Waals surface area contributed by atoms with Gasteiger partial charge in [0.1, 0.15) is 11.9 Å². The summed E-state index contributed by atoms with van der Waals surface area (Å²) < 4.78 is 20.1. The molecular weight excluding hydrogens is 275 g/mol. The van der Waals surface area contributed by atoms with Gasteiger partial charge in [0.15, 0.2) is 0 Å². The van der Waals surface area contributed by atoms with Gasteiger partial charge in [-0.25, -0.2) is 9.37 Å². The lowest BCUT2D eigenvalue weighted by atomic mass is 10.2. The molecule has 2 rings (SSSR count). The summed E-state index contributed by atoms with van der Waals surface area (Å²) in [5, 5.41) is 2.75. The van der Waals surface area contributed by atoms with E-state index in [1.54, 1.807) is 31.6 Å². The van der Waals surface area contributed by atoms with Crippen molar-refractivity contribution in [2.75, 3.05) is 26.0 Å². The van der Waals surface area contributed by atoms with Crippen molar-refractivity contribution in [1.82, 2.24) is 14.9 Å². The molecule has 0 saturated heterocycles. The van der Waals surface area contributed by atoms with Crippen LogP contribution in [0.1, 0.15) is 18.5 Å². The van der Waals surface area contributed by atoms with Crippen LogP contribution in [-0.2, 0) is 9.53 Å². The average molecular weight is 294 g/mol. The molecule has 0 spiro atoms. The topological polar surface area (TPSA) is 82.2 Å². The third-order valence-electron chi connectivity index (χ3n) is 3.37. The molecule has 6 nitrogen and oxygen atoms in total. The van der Waals surface area contributed by atoms with Gasteiger partial charge in [-0.2, -0.15) is 0 Å². The van der Waals surface area contributed by atoms with E-state index in [2.05, 4.69) is 10.3 Å². The van der Waals surface area contributed by atoms with Gasteiger partial charge in [0, 0.05) is 19.7 Å². The lowest BCUT2D eigenvalue weighted by Crippen LogP contribution is -2.33. The predicted octanol–water partition coefficient (Wildman–Crippen LogP) is 1.39. The first kappa shape index (κ1) is 15.2. The Hall–Kier alpha value is -2.15. The van der Waals surface area contributed by atoms with Gasteiger partial charge in [0.05, 0.1) is 17.6 Å². The van der Waals surface area contributed by atoms with Crippen LogP contribution in [0.2, 0.25) is 0 Å². The van der Waals surface area contributed by atoms with Crippen LogP contribution >= 0.6 is 0 Å². The zero-order valence-corrected chi connectivity index (χ0v) is 12.3. The van der Waals surface area contributed by atoms with Crippen molar-refractivity contribution in [3.63, 3.8) is 0 Å². The third-order valence-corrected chi connectivity index (χ3v) is 3.37. The molecule has 0 aliphatic heterocycles. The molecule has 21 heavy (non-hydrogen) atoms. The van der Waals surface area contributed by atoms with Crippen molar-refractivity contribution in [2.24, 2.45) is 0 Å². The Kier molecular flexibility index (Phi) is 4.42. The summed E-state index contributed by atoms with van der Waals surface area (Å²) in [5.41, 5.74) is 7.43. The number of nitrogens with zero attached hydrogens (tertiary/aromatic N) is 2. The molecule has 1 amide bonds. The maximum absolute atomic E-state index is 13.6. The molecule has 0 aliphatic carbocycles. The van der Waals surface area contributed by atoms with E-state index in [9.17, 15) is 9.18 Å². The van der Waals surface area contributed by atoms with Gasteiger partial charge >= 0.3 is 0 Å². The summed E-state index contributed by atoms with van der Waals surface area (Å²) in [6, 6.07) is 2.43. The first-order chi connectivity index (χ1) is 9.95. The van der Waals surface area contributed by atoms with Crippen LogP contribution < -0.4 is 11.1 Å². The van der Waals surface area contributed by atoms with E-state index >= 15 is 0 Å². The van der Waals surface area contributed by atoms with Gasteiger partial charge in [0.2, 0.25) is 11.9 Å². The fourth-order valence-electron chi connectivity index (χ4n) is 2.19. The molecule has 1 aromatic carbocycles. The minimum atomic E-state index is -0.545. The number of fused-ring (bicyclic) bond motifs is 1. The number of halogens is 1. The molecule has 1 heterocycles. The van der Waals surface area contributed by atoms with Crippen LogP contribution in [0.25, 0.3) is 11.0 Å². The van der Waals surface area contributed by atoms with Crippen molar-refractivity contribution in [3.05, 3.63) is 23.5 Å². The summed E-state index contributed by atoms with van der Waals surface area (Å²) >= 11 is 0. The monoisotopic (exact) mass is 294 g/mol. The second-order valence-electron chi connectivity index (χ2n) is 4.89. The van der Waals surface area contributed by atoms with Crippen LogP contribution in [0.4, 0.5) is 10.3 Å². The van der Waals surface area contributed by atoms with Gasteiger partial charge in [-0.3, -0.25) is 9.36 Å². The van der Waals surface area contributed by atoms with E-state index in [4.69, 9.17) is 10.5 Å². The largest absolute Gasteiger partial charge is 0.383 e. The molecule has 1 aromatic heterocycles. The average Bonchev–Trinajstić information content (AvgIpc) is 2.74. The number of methoxy groups -OCH3 is 1. The lowest BCUT2D eigenvalue weighted by molar-refractivity contribution is -0.123. The number of amides is 1. The molecule has 1 atom stereocenters. The fraction of sp³-hybridized carbons (Fsp3) is 0.429. The summed E-state index contributed by atoms with van der Waals surface area (Å²) in [5.74, 6) is -0.353. The molecule has 0 saturated carbocycles. The van der Waals surface area contributed by atoms with E-state index in [0.717, 1.165) is 0 Å². The number of nitrogens with one attached hydrogen (secondary N) is 1. The fourth-order valence-corrected chi connectivity index (χ4v) is 2.19. The summed E-state index contributed by atoms with van der Waals surface area (Å²) in [6.45, 7) is 4.23. The molecule has 0 bridgehead atoms. The molecule has 3 N–H and O–H groups in total. The number of carbonyl (C=O) groups is 1. The maximum atomic E-state index is 13.6. The Morgan fingerprint density at radius 1 is 1.57 bits per heavy atom. The van der Waals surface area contributed by atoms with Gasteiger partial charge in [-0.15, -0.1) is 0 Å². The molecule has 114 valence electrons. The minimum Gasteiger partial charge on any atom is -0.383 e. The number of hydrogen-bond donors (Lipinski definition) is 2. The van der Waals surface area contributed by atoms with Crippen molar-refractivity contribution >= 4 is 22.9 Å². The number of benzene rings is 1. The van der Waals surface area contributed by atoms with Gasteiger partial charge < -0.3 is 15.8 Å². The lowest BCUT2D eigenvalue weighted by Gasteiger charge is -2.16. The molecular formula is C14H19FN4O2. The molecule has 0 radical (unpaired) electrons. The molecule has 0 aliphatic rings. The highest BCUT2D eigenvalue weighted by molar-refractivity contribution is 5.85. The van der Waals surface area contributed by atoms with Gasteiger partial charge in [-0.05, 0) is 25.5 Å². The first-order valence-electron chi connectivity index (χ1n) is 6.66. The van der Waals surface area contributed by atoms with Crippen molar-refractivity contribution in [3.8, 4) is 0 Å². The van der Waals surface area contributed by atoms with Crippen LogP contribution in [0, 0.1) is 12.7 Å². The molecule has 0 fully saturated rings. The van der Waals surface area contributed by atoms with Crippen molar-refractivity contribution in [1.29, 1.82) is 0 Å². The number of imidazole rings is 1. The smallest absolute Gasteiger partial charge is 0.242 e. The Morgan fingerprint density at radius 2 is 2.29 bits per heavy atom. The standard InChI is InChI=1S/C14H19FN4O2/c1-8-6-12-11(7-10(8)15)18-14(16)19(12)9(2)13(20)17-4-5-21-3/h6-7,9H,4-5H2,1-3H3,(H2,16,18)(H,17,20). The van der Waals surface area contributed by atoms with Crippen LogP contribution in [0.15, 0.2) is 12.1 Å². The number of hydrogen-bond acceptors (Lipinski definition) is 4. The summed E-state index contributed by atoms with van der Waals surface area (Å²) in [6.07, 6.45) is 0. The van der Waals surface area contributed by atoms with E-state index in [1.165, 1.54) is 6.07 Å². The molecule has 1 unspecified atom stereocenters. The second kappa shape index (κ2) is 6.09. The molecule has 7 heteroatoms. The van der Waals surface area contributed by atoms with Crippen LogP contribution in [-0.4, -0.2) is 35.7 Å². The molecule has 2 aromatic rings. The normalized spacial score (nSPS) is 12.6. The Labute approximate surface area is 122 Å². The zero-order valence-electron chi connectivity index (χ0n) is 12.3. The Bertz CT molecular complexity index is 669. The number of anilines is 1. The van der Waals surface area contributed by atoms with Crippen molar-refractivity contribution < 1.29 is 13.9 Å². The summed E-state index contributed by atoms with van der Waals surface area (Å²) in [7, 11) is 1.56. The van der Waals surface area contributed by atoms with E-state index < -0.39 is 6.04 Å². The second-order valence-corrected chi connectivity index (χ2v) is 4.89. The SMILES string of the molecule is COCCNC(=O)C(C)n1c(N)nc2cc(F)c(C)cc21. The predicted molar refractivity (Wildman–Crippen MR) is 78.4 cm³/mol. The number of rotatable bonds is 5. The van der Waals surface area contributed by atoms with Crippen molar-refractivity contribution in [2.45, 2.75) is 19.9 Å². The number of carbonyl (C=O) groups excluding carboxylic acids is 1. The quantitative estimate of drug-likeness (QED) is 0.816. The highest BCUT2D eigenvalue weighted by Crippen LogP contribution is 2.25. The number of nitrogen functional groups attached to an aromatic ring is 1. The zero-order chi connectivity index (χ0) is 15.6. The van der Waals surface area contributed by atoms with Crippen LogP contribution in [0.3, 0.4) is 0 Å².